The van der Waals surface area contributed by atoms with Gasteiger partial charge in [0.1, 0.15) is 5.01 Å². The largest absolute Gasteiger partial charge is 0.392 e. The van der Waals surface area contributed by atoms with Crippen LogP contribution in [0.15, 0.2) is 11.6 Å². The van der Waals surface area contributed by atoms with Gasteiger partial charge in [0.15, 0.2) is 0 Å². The van der Waals surface area contributed by atoms with Crippen LogP contribution in [0, 0.1) is 0 Å². The van der Waals surface area contributed by atoms with Crippen molar-refractivity contribution in [2.24, 2.45) is 5.73 Å². The van der Waals surface area contributed by atoms with Crippen LogP contribution in [-0.2, 0) is 16.1 Å². The van der Waals surface area contributed by atoms with Gasteiger partial charge in [0.25, 0.3) is 0 Å². The van der Waals surface area contributed by atoms with Crippen LogP contribution in [0.4, 0.5) is 0 Å². The molecule has 0 unspecified atom stereocenters. The van der Waals surface area contributed by atoms with Gasteiger partial charge in [-0.15, -0.1) is 11.3 Å². The van der Waals surface area contributed by atoms with Crippen LogP contribution in [0.25, 0.3) is 0 Å². The highest BCUT2D eigenvalue weighted by Crippen LogP contribution is 2.02. The summed E-state index contributed by atoms with van der Waals surface area (Å²) in [6.45, 7) is 0.246. The molecule has 0 saturated heterocycles. The number of hydrogen-bond donors (Lipinski definition) is 3. The number of nitrogens with zero attached hydrogens (tertiary/aromatic N) is 1. The van der Waals surface area contributed by atoms with Crippen LogP contribution in [0.5, 0.6) is 0 Å². The first kappa shape index (κ1) is 12.5. The Morgan fingerprint density at radius 3 is 2.69 bits per heavy atom. The standard InChI is InChI=1S/C8H10N4O2S2/c9-5(15)3-11-7(13)8(14)12-4-6-10-1-2-16-6/h1-2H,3-4H2,(H2,9,15)(H,11,13)(H,12,14). The Balaban J connectivity index is 2.29. The summed E-state index contributed by atoms with van der Waals surface area (Å²) in [6, 6.07) is 0. The van der Waals surface area contributed by atoms with Crippen molar-refractivity contribution in [2.45, 2.75) is 6.54 Å². The number of carbonyl (C=O) groups excluding carboxylic acids is 2. The lowest BCUT2D eigenvalue weighted by Gasteiger charge is -2.03. The fourth-order valence-corrected chi connectivity index (χ4v) is 1.45. The average molecular weight is 258 g/mol. The SMILES string of the molecule is NC(=S)CNC(=O)C(=O)NCc1nccs1. The van der Waals surface area contributed by atoms with Crippen LogP contribution in [-0.4, -0.2) is 28.3 Å². The van der Waals surface area contributed by atoms with E-state index in [2.05, 4.69) is 27.8 Å². The van der Waals surface area contributed by atoms with Crippen molar-refractivity contribution >= 4 is 40.4 Å². The van der Waals surface area contributed by atoms with E-state index in [4.69, 9.17) is 5.73 Å². The van der Waals surface area contributed by atoms with Crippen LogP contribution < -0.4 is 16.4 Å². The number of carbonyl (C=O) groups is 2. The second-order valence-electron chi connectivity index (χ2n) is 2.76. The van der Waals surface area contributed by atoms with Gasteiger partial charge in [0.05, 0.1) is 18.1 Å². The lowest BCUT2D eigenvalue weighted by molar-refractivity contribution is -0.139. The molecular formula is C8H10N4O2S2. The van der Waals surface area contributed by atoms with E-state index in [0.717, 1.165) is 5.01 Å². The lowest BCUT2D eigenvalue weighted by atomic mass is 10.5. The van der Waals surface area contributed by atoms with Gasteiger partial charge in [-0.25, -0.2) is 4.98 Å². The van der Waals surface area contributed by atoms with E-state index in [0.29, 0.717) is 0 Å². The van der Waals surface area contributed by atoms with Crippen molar-refractivity contribution in [3.63, 3.8) is 0 Å². The molecule has 0 atom stereocenters. The fraction of sp³-hybridized carbons (Fsp3) is 0.250. The van der Waals surface area contributed by atoms with Gasteiger partial charge in [-0.05, 0) is 0 Å². The first-order valence-electron chi connectivity index (χ1n) is 4.32. The van der Waals surface area contributed by atoms with Crippen molar-refractivity contribution in [1.82, 2.24) is 15.6 Å². The summed E-state index contributed by atoms with van der Waals surface area (Å²) in [7, 11) is 0. The molecule has 0 saturated carbocycles. The first-order chi connectivity index (χ1) is 7.59. The Morgan fingerprint density at radius 1 is 1.44 bits per heavy atom. The van der Waals surface area contributed by atoms with Crippen molar-refractivity contribution in [2.75, 3.05) is 6.54 Å². The molecule has 0 radical (unpaired) electrons. The monoisotopic (exact) mass is 258 g/mol. The zero-order valence-corrected chi connectivity index (χ0v) is 9.86. The normalized spacial score (nSPS) is 9.50. The molecule has 4 N–H and O–H groups in total. The maximum atomic E-state index is 11.2. The van der Waals surface area contributed by atoms with E-state index in [1.165, 1.54) is 11.3 Å². The summed E-state index contributed by atoms with van der Waals surface area (Å²) in [5, 5.41) is 7.22. The third kappa shape index (κ3) is 4.32. The number of nitrogens with one attached hydrogen (secondary N) is 2. The van der Waals surface area contributed by atoms with Crippen LogP contribution >= 0.6 is 23.6 Å². The average Bonchev–Trinajstić information content (AvgIpc) is 2.75. The molecule has 0 aliphatic carbocycles. The maximum Gasteiger partial charge on any atom is 0.309 e. The highest BCUT2D eigenvalue weighted by atomic mass is 32.1. The quantitative estimate of drug-likeness (QED) is 0.483. The smallest absolute Gasteiger partial charge is 0.309 e. The molecule has 6 nitrogen and oxygen atoms in total. The molecule has 2 amide bonds. The summed E-state index contributed by atoms with van der Waals surface area (Å²) >= 11 is 5.95. The number of nitrogens with two attached hydrogens (primary N) is 1. The second-order valence-corrected chi connectivity index (χ2v) is 4.26. The summed E-state index contributed by atoms with van der Waals surface area (Å²) < 4.78 is 0. The van der Waals surface area contributed by atoms with E-state index in [-0.39, 0.29) is 18.1 Å². The molecule has 1 rings (SSSR count). The maximum absolute atomic E-state index is 11.2. The number of aromatic nitrogens is 1. The van der Waals surface area contributed by atoms with E-state index in [1.807, 2.05) is 0 Å². The zero-order valence-electron chi connectivity index (χ0n) is 8.23. The summed E-state index contributed by atoms with van der Waals surface area (Å²) in [5.41, 5.74) is 5.17. The summed E-state index contributed by atoms with van der Waals surface area (Å²) in [5.74, 6) is -1.49. The minimum absolute atomic E-state index is 0.0127. The number of hydrogen-bond acceptors (Lipinski definition) is 5. The Hall–Kier alpha value is -1.54. The van der Waals surface area contributed by atoms with E-state index >= 15 is 0 Å². The second kappa shape index (κ2) is 6.13. The topological polar surface area (TPSA) is 97.1 Å². The molecule has 16 heavy (non-hydrogen) atoms. The number of rotatable bonds is 4. The van der Waals surface area contributed by atoms with Gasteiger partial charge in [0.2, 0.25) is 0 Å². The molecule has 8 heteroatoms. The molecule has 0 aliphatic heterocycles. The van der Waals surface area contributed by atoms with Crippen LogP contribution in [0.2, 0.25) is 0 Å². The Kier molecular flexibility index (Phi) is 4.80. The Labute approximate surface area is 101 Å². The summed E-state index contributed by atoms with van der Waals surface area (Å²) in [6.07, 6.45) is 1.62. The fourth-order valence-electron chi connectivity index (χ4n) is 0.824. The van der Waals surface area contributed by atoms with Crippen LogP contribution in [0.1, 0.15) is 5.01 Å². The molecule has 0 bridgehead atoms. The van der Waals surface area contributed by atoms with E-state index < -0.39 is 11.8 Å². The van der Waals surface area contributed by atoms with Crippen LogP contribution in [0.3, 0.4) is 0 Å². The molecule has 0 fully saturated rings. The van der Waals surface area contributed by atoms with Gasteiger partial charge < -0.3 is 16.4 Å². The molecule has 1 aromatic heterocycles. The minimum atomic E-state index is -0.760. The van der Waals surface area contributed by atoms with Crippen molar-refractivity contribution in [3.8, 4) is 0 Å². The molecule has 86 valence electrons. The van der Waals surface area contributed by atoms with Gasteiger partial charge in [-0.3, -0.25) is 9.59 Å². The molecular weight excluding hydrogens is 248 g/mol. The highest BCUT2D eigenvalue weighted by molar-refractivity contribution is 7.80. The minimum Gasteiger partial charge on any atom is -0.392 e. The Morgan fingerprint density at radius 2 is 2.12 bits per heavy atom. The lowest BCUT2D eigenvalue weighted by Crippen LogP contribution is -2.42. The highest BCUT2D eigenvalue weighted by Gasteiger charge is 2.12. The third-order valence-electron chi connectivity index (χ3n) is 1.51. The van der Waals surface area contributed by atoms with Crippen molar-refractivity contribution in [1.29, 1.82) is 0 Å². The van der Waals surface area contributed by atoms with Crippen molar-refractivity contribution < 1.29 is 9.59 Å². The van der Waals surface area contributed by atoms with Gasteiger partial charge in [-0.2, -0.15) is 0 Å². The predicted molar refractivity (Wildman–Crippen MR) is 63.8 cm³/mol. The summed E-state index contributed by atoms with van der Waals surface area (Å²) in [4.78, 5) is 26.5. The first-order valence-corrected chi connectivity index (χ1v) is 5.61. The number of amides is 2. The van der Waals surface area contributed by atoms with Crippen molar-refractivity contribution in [3.05, 3.63) is 16.6 Å². The molecule has 1 aromatic rings. The van der Waals surface area contributed by atoms with E-state index in [9.17, 15) is 9.59 Å². The third-order valence-corrected chi connectivity index (χ3v) is 2.44. The van der Waals surface area contributed by atoms with E-state index in [1.54, 1.807) is 11.6 Å². The molecule has 1 heterocycles. The molecule has 0 aliphatic rings. The molecule has 0 spiro atoms. The number of thiazole rings is 1. The molecule has 0 aromatic carbocycles. The van der Waals surface area contributed by atoms with Gasteiger partial charge >= 0.3 is 11.8 Å². The van der Waals surface area contributed by atoms with Gasteiger partial charge in [-0.1, -0.05) is 12.2 Å². The Bertz CT molecular complexity index is 391. The van der Waals surface area contributed by atoms with Gasteiger partial charge in [0, 0.05) is 11.6 Å². The zero-order chi connectivity index (χ0) is 12.0. The predicted octanol–water partition coefficient (Wildman–Crippen LogP) is -0.838. The number of thiocarbonyl (C=S) groups is 1.